The molecule has 2 aliphatic rings. The van der Waals surface area contributed by atoms with Gasteiger partial charge in [-0.05, 0) is 44.4 Å². The van der Waals surface area contributed by atoms with Crippen LogP contribution in [0.5, 0.6) is 0 Å². The summed E-state index contributed by atoms with van der Waals surface area (Å²) in [5.74, 6) is 0.248. The Bertz CT molecular complexity index is 467. The zero-order chi connectivity index (χ0) is 12.7. The molecule has 1 aromatic rings. The monoisotopic (exact) mass is 244 g/mol. The number of amides is 1. The molecule has 1 aromatic carbocycles. The first-order valence-electron chi connectivity index (χ1n) is 6.79. The van der Waals surface area contributed by atoms with E-state index in [1.807, 2.05) is 13.1 Å². The first kappa shape index (κ1) is 11.7. The van der Waals surface area contributed by atoms with Crippen LogP contribution in [-0.2, 0) is 11.2 Å². The highest BCUT2D eigenvalue weighted by Gasteiger charge is 2.41. The van der Waals surface area contributed by atoms with E-state index >= 15 is 0 Å². The Hall–Kier alpha value is -1.35. The highest BCUT2D eigenvalue weighted by molar-refractivity contribution is 5.85. The third-order valence-electron chi connectivity index (χ3n) is 4.09. The van der Waals surface area contributed by atoms with Gasteiger partial charge in [0.1, 0.15) is 6.04 Å². The van der Waals surface area contributed by atoms with Crippen LogP contribution in [-0.4, -0.2) is 29.9 Å². The van der Waals surface area contributed by atoms with E-state index in [-0.39, 0.29) is 11.9 Å². The average Bonchev–Trinajstić information content (AvgIpc) is 3.16. The number of hydrogen-bond donors (Lipinski definition) is 1. The van der Waals surface area contributed by atoms with Crippen molar-refractivity contribution >= 4 is 5.91 Å². The average molecular weight is 244 g/mol. The molecule has 0 spiro atoms. The Balaban J connectivity index is 2.03. The van der Waals surface area contributed by atoms with E-state index in [2.05, 4.69) is 35.3 Å². The van der Waals surface area contributed by atoms with Crippen molar-refractivity contribution < 1.29 is 4.79 Å². The lowest BCUT2D eigenvalue weighted by Gasteiger charge is -2.29. The van der Waals surface area contributed by atoms with Crippen molar-refractivity contribution in [1.29, 1.82) is 0 Å². The molecule has 1 aliphatic heterocycles. The van der Waals surface area contributed by atoms with E-state index < -0.39 is 0 Å². The van der Waals surface area contributed by atoms with Crippen molar-refractivity contribution in [1.82, 2.24) is 10.2 Å². The van der Waals surface area contributed by atoms with Crippen LogP contribution in [0.4, 0.5) is 0 Å². The Kier molecular flexibility index (Phi) is 2.86. The van der Waals surface area contributed by atoms with Gasteiger partial charge in [-0.3, -0.25) is 4.79 Å². The minimum Gasteiger partial charge on any atom is -0.335 e. The molecule has 0 radical (unpaired) electrons. The first-order valence-corrected chi connectivity index (χ1v) is 6.79. The summed E-state index contributed by atoms with van der Waals surface area (Å²) in [6.07, 6.45) is 3.31. The van der Waals surface area contributed by atoms with E-state index in [0.717, 1.165) is 12.0 Å². The van der Waals surface area contributed by atoms with Crippen molar-refractivity contribution in [2.24, 2.45) is 0 Å². The molecule has 1 N–H and O–H groups in total. The van der Waals surface area contributed by atoms with Gasteiger partial charge >= 0.3 is 0 Å². The predicted molar refractivity (Wildman–Crippen MR) is 71.3 cm³/mol. The molecular formula is C15H20N2O. The van der Waals surface area contributed by atoms with Gasteiger partial charge in [-0.15, -0.1) is 0 Å². The summed E-state index contributed by atoms with van der Waals surface area (Å²) in [7, 11) is 1.88. The topological polar surface area (TPSA) is 32.3 Å². The van der Waals surface area contributed by atoms with Crippen LogP contribution in [0.1, 0.15) is 36.9 Å². The smallest absolute Gasteiger partial charge is 0.244 e. The fraction of sp³-hybridized carbons (Fsp3) is 0.533. The Morgan fingerprint density at radius 2 is 2.00 bits per heavy atom. The molecule has 3 nitrogen and oxygen atoms in total. The van der Waals surface area contributed by atoms with E-state index in [4.69, 9.17) is 0 Å². The van der Waals surface area contributed by atoms with Gasteiger partial charge in [-0.25, -0.2) is 0 Å². The molecule has 2 unspecified atom stereocenters. The second kappa shape index (κ2) is 4.39. The van der Waals surface area contributed by atoms with Gasteiger partial charge < -0.3 is 10.2 Å². The van der Waals surface area contributed by atoms with Gasteiger partial charge in [0, 0.05) is 12.1 Å². The van der Waals surface area contributed by atoms with Crippen molar-refractivity contribution in [3.63, 3.8) is 0 Å². The third kappa shape index (κ3) is 1.83. The fourth-order valence-electron chi connectivity index (χ4n) is 3.09. The molecule has 1 fully saturated rings. The predicted octanol–water partition coefficient (Wildman–Crippen LogP) is 1.88. The number of carbonyl (C=O) groups excluding carboxylic acids is 1. The highest BCUT2D eigenvalue weighted by Crippen LogP contribution is 2.35. The van der Waals surface area contributed by atoms with Crippen molar-refractivity contribution in [3.8, 4) is 0 Å². The standard InChI is InChI=1S/C15H20N2O/c1-10-9-11-5-3-4-6-13(11)14(16-2)15(18)17(10)12-7-8-12/h3-6,10,12,14,16H,7-9H2,1-2H3. The summed E-state index contributed by atoms with van der Waals surface area (Å²) in [6.45, 7) is 2.17. The summed E-state index contributed by atoms with van der Waals surface area (Å²) in [5, 5.41) is 3.19. The van der Waals surface area contributed by atoms with Gasteiger partial charge in [0.15, 0.2) is 0 Å². The van der Waals surface area contributed by atoms with Gasteiger partial charge in [0.2, 0.25) is 5.91 Å². The lowest BCUT2D eigenvalue weighted by Crippen LogP contribution is -2.44. The van der Waals surface area contributed by atoms with Gasteiger partial charge in [-0.1, -0.05) is 24.3 Å². The van der Waals surface area contributed by atoms with Crippen molar-refractivity contribution in [3.05, 3.63) is 35.4 Å². The van der Waals surface area contributed by atoms with Crippen LogP contribution in [0, 0.1) is 0 Å². The molecule has 96 valence electrons. The van der Waals surface area contributed by atoms with E-state index in [1.54, 1.807) is 0 Å². The number of nitrogens with one attached hydrogen (secondary N) is 1. The van der Waals surface area contributed by atoms with Crippen LogP contribution in [0.15, 0.2) is 24.3 Å². The molecule has 3 rings (SSSR count). The van der Waals surface area contributed by atoms with E-state index in [1.165, 1.54) is 18.4 Å². The summed E-state index contributed by atoms with van der Waals surface area (Å²) >= 11 is 0. The molecule has 0 saturated heterocycles. The molecule has 3 heteroatoms. The summed E-state index contributed by atoms with van der Waals surface area (Å²) in [6, 6.07) is 8.94. The largest absolute Gasteiger partial charge is 0.335 e. The van der Waals surface area contributed by atoms with Gasteiger partial charge in [0.25, 0.3) is 0 Å². The third-order valence-corrected chi connectivity index (χ3v) is 4.09. The highest BCUT2D eigenvalue weighted by atomic mass is 16.2. The maximum absolute atomic E-state index is 12.7. The Labute approximate surface area is 108 Å². The SMILES string of the molecule is CNC1C(=O)N(C2CC2)C(C)Cc2ccccc21. The number of hydrogen-bond acceptors (Lipinski definition) is 2. The molecular weight excluding hydrogens is 224 g/mol. The van der Waals surface area contributed by atoms with Crippen LogP contribution in [0.2, 0.25) is 0 Å². The van der Waals surface area contributed by atoms with Gasteiger partial charge in [0.05, 0.1) is 0 Å². The Morgan fingerprint density at radius 1 is 1.28 bits per heavy atom. The zero-order valence-corrected chi connectivity index (χ0v) is 11.0. The second-order valence-corrected chi connectivity index (χ2v) is 5.45. The summed E-state index contributed by atoms with van der Waals surface area (Å²) < 4.78 is 0. The first-order chi connectivity index (χ1) is 8.72. The molecule has 1 saturated carbocycles. The number of carbonyl (C=O) groups is 1. The van der Waals surface area contributed by atoms with Crippen LogP contribution in [0.3, 0.4) is 0 Å². The summed E-state index contributed by atoms with van der Waals surface area (Å²) in [5.41, 5.74) is 2.46. The molecule has 1 aliphatic carbocycles. The zero-order valence-electron chi connectivity index (χ0n) is 11.0. The maximum atomic E-state index is 12.7. The molecule has 0 aromatic heterocycles. The quantitative estimate of drug-likeness (QED) is 0.861. The normalized spacial score (nSPS) is 27.9. The summed E-state index contributed by atoms with van der Waals surface area (Å²) in [4.78, 5) is 14.8. The fourth-order valence-corrected chi connectivity index (χ4v) is 3.09. The molecule has 1 amide bonds. The van der Waals surface area contributed by atoms with Crippen LogP contribution in [0.25, 0.3) is 0 Å². The van der Waals surface area contributed by atoms with Crippen molar-refractivity contribution in [2.45, 2.75) is 44.3 Å². The molecule has 1 heterocycles. The van der Waals surface area contributed by atoms with E-state index in [9.17, 15) is 4.79 Å². The van der Waals surface area contributed by atoms with Crippen LogP contribution < -0.4 is 5.32 Å². The second-order valence-electron chi connectivity index (χ2n) is 5.45. The number of nitrogens with zero attached hydrogens (tertiary/aromatic N) is 1. The van der Waals surface area contributed by atoms with Crippen molar-refractivity contribution in [2.75, 3.05) is 7.05 Å². The maximum Gasteiger partial charge on any atom is 0.244 e. The molecule has 0 bridgehead atoms. The minimum absolute atomic E-state index is 0.174. The molecule has 2 atom stereocenters. The number of benzene rings is 1. The lowest BCUT2D eigenvalue weighted by molar-refractivity contribution is -0.135. The number of rotatable bonds is 2. The Morgan fingerprint density at radius 3 is 2.67 bits per heavy atom. The molecule has 18 heavy (non-hydrogen) atoms. The number of fused-ring (bicyclic) bond motifs is 1. The van der Waals surface area contributed by atoms with Crippen LogP contribution >= 0.6 is 0 Å². The lowest BCUT2D eigenvalue weighted by atomic mass is 9.98. The number of likely N-dealkylation sites (N-methyl/N-ethyl adjacent to an activating group) is 1. The van der Waals surface area contributed by atoms with E-state index in [0.29, 0.717) is 12.1 Å². The minimum atomic E-state index is -0.174. The van der Waals surface area contributed by atoms with Gasteiger partial charge in [-0.2, -0.15) is 0 Å².